The van der Waals surface area contributed by atoms with Crippen molar-refractivity contribution in [2.24, 2.45) is 12.8 Å². The van der Waals surface area contributed by atoms with Gasteiger partial charge in [0.15, 0.2) is 0 Å². The Morgan fingerprint density at radius 1 is 1.64 bits per heavy atom. The molecule has 1 aromatic heterocycles. The highest BCUT2D eigenvalue weighted by Gasteiger charge is 2.17. The lowest BCUT2D eigenvalue weighted by Crippen LogP contribution is -2.42. The number of nitrogens with zero attached hydrogens (tertiary/aromatic N) is 4. The van der Waals surface area contributed by atoms with Crippen LogP contribution >= 0.6 is 0 Å². The summed E-state index contributed by atoms with van der Waals surface area (Å²) in [7, 11) is 1.89. The molecule has 0 spiro atoms. The molecule has 2 rings (SSSR count). The van der Waals surface area contributed by atoms with Crippen molar-refractivity contribution in [3.8, 4) is 0 Å². The third kappa shape index (κ3) is 2.30. The molecule has 1 aromatic rings. The predicted molar refractivity (Wildman–Crippen MR) is 53.5 cm³/mol. The number of hydrogen-bond acceptors (Lipinski definition) is 4. The maximum atomic E-state index is 5.90. The summed E-state index contributed by atoms with van der Waals surface area (Å²) in [6.07, 6.45) is 4.30. The van der Waals surface area contributed by atoms with Crippen LogP contribution in [-0.2, 0) is 13.6 Å². The Bertz CT molecular complexity index is 295. The number of rotatable bonds is 2. The zero-order chi connectivity index (χ0) is 9.97. The van der Waals surface area contributed by atoms with Gasteiger partial charge in [-0.05, 0) is 19.4 Å². The molecule has 0 radical (unpaired) electrons. The van der Waals surface area contributed by atoms with Gasteiger partial charge in [0.1, 0.15) is 0 Å². The highest BCUT2D eigenvalue weighted by Crippen LogP contribution is 2.10. The maximum absolute atomic E-state index is 5.90. The molecule has 0 aromatic carbocycles. The molecule has 5 heteroatoms. The summed E-state index contributed by atoms with van der Waals surface area (Å²) in [5.74, 6) is 0. The minimum atomic E-state index is 0.334. The number of aromatic nitrogens is 3. The van der Waals surface area contributed by atoms with Crippen LogP contribution in [0.2, 0.25) is 0 Å². The van der Waals surface area contributed by atoms with Gasteiger partial charge in [0.2, 0.25) is 0 Å². The molecule has 14 heavy (non-hydrogen) atoms. The van der Waals surface area contributed by atoms with E-state index in [0.717, 1.165) is 31.7 Å². The SMILES string of the molecule is Cn1cc(CN2CCC[C@@H](N)C2)nn1. The van der Waals surface area contributed by atoms with Gasteiger partial charge in [0.25, 0.3) is 0 Å². The normalized spacial score (nSPS) is 24.0. The number of piperidine rings is 1. The van der Waals surface area contributed by atoms with Gasteiger partial charge >= 0.3 is 0 Å². The van der Waals surface area contributed by atoms with Crippen molar-refractivity contribution in [3.63, 3.8) is 0 Å². The Morgan fingerprint density at radius 3 is 3.14 bits per heavy atom. The van der Waals surface area contributed by atoms with Crippen LogP contribution in [-0.4, -0.2) is 39.0 Å². The van der Waals surface area contributed by atoms with Crippen LogP contribution in [0.25, 0.3) is 0 Å². The summed E-state index contributed by atoms with van der Waals surface area (Å²) < 4.78 is 1.74. The van der Waals surface area contributed by atoms with Gasteiger partial charge < -0.3 is 5.73 Å². The maximum Gasteiger partial charge on any atom is 0.0967 e. The fourth-order valence-corrected chi connectivity index (χ4v) is 1.93. The van der Waals surface area contributed by atoms with Gasteiger partial charge in [-0.1, -0.05) is 5.21 Å². The fraction of sp³-hybridized carbons (Fsp3) is 0.778. The van der Waals surface area contributed by atoms with Gasteiger partial charge in [-0.3, -0.25) is 9.58 Å². The van der Waals surface area contributed by atoms with Gasteiger partial charge in [0, 0.05) is 32.4 Å². The second-order valence-corrected chi connectivity index (χ2v) is 4.02. The summed E-state index contributed by atoms with van der Waals surface area (Å²) in [5.41, 5.74) is 6.93. The largest absolute Gasteiger partial charge is 0.327 e. The Labute approximate surface area is 83.9 Å². The van der Waals surface area contributed by atoms with Crippen LogP contribution < -0.4 is 5.73 Å². The standard InChI is InChI=1S/C9H17N5/c1-13-6-9(11-12-13)7-14-4-2-3-8(10)5-14/h6,8H,2-5,7,10H2,1H3/t8-/m1/s1. The lowest BCUT2D eigenvalue weighted by atomic mass is 10.1. The smallest absolute Gasteiger partial charge is 0.0967 e. The molecule has 0 saturated carbocycles. The monoisotopic (exact) mass is 195 g/mol. The first kappa shape index (κ1) is 9.61. The van der Waals surface area contributed by atoms with Crippen molar-refractivity contribution in [1.82, 2.24) is 19.9 Å². The Morgan fingerprint density at radius 2 is 2.50 bits per heavy atom. The third-order valence-corrected chi connectivity index (χ3v) is 2.58. The number of hydrogen-bond donors (Lipinski definition) is 1. The molecule has 1 atom stereocenters. The molecular formula is C9H17N5. The van der Waals surface area contributed by atoms with E-state index in [9.17, 15) is 0 Å². The van der Waals surface area contributed by atoms with E-state index < -0.39 is 0 Å². The van der Waals surface area contributed by atoms with E-state index in [0.29, 0.717) is 6.04 Å². The summed E-state index contributed by atoms with van der Waals surface area (Å²) in [6, 6.07) is 0.334. The van der Waals surface area contributed by atoms with Crippen LogP contribution in [0, 0.1) is 0 Å². The fourth-order valence-electron chi connectivity index (χ4n) is 1.93. The summed E-state index contributed by atoms with van der Waals surface area (Å²) in [6.45, 7) is 2.99. The van der Waals surface area contributed by atoms with E-state index in [1.54, 1.807) is 4.68 Å². The van der Waals surface area contributed by atoms with Gasteiger partial charge in [-0.25, -0.2) is 0 Å². The van der Waals surface area contributed by atoms with E-state index in [4.69, 9.17) is 5.73 Å². The second kappa shape index (κ2) is 4.06. The first-order valence-electron chi connectivity index (χ1n) is 5.07. The molecule has 0 aliphatic carbocycles. The average molecular weight is 195 g/mol. The molecule has 78 valence electrons. The number of likely N-dealkylation sites (tertiary alicyclic amines) is 1. The van der Waals surface area contributed by atoms with Crippen LogP contribution in [0.15, 0.2) is 6.20 Å². The molecule has 1 fully saturated rings. The molecule has 0 amide bonds. The van der Waals surface area contributed by atoms with Crippen molar-refractivity contribution in [2.75, 3.05) is 13.1 Å². The first-order chi connectivity index (χ1) is 6.74. The van der Waals surface area contributed by atoms with Crippen molar-refractivity contribution in [1.29, 1.82) is 0 Å². The quantitative estimate of drug-likeness (QED) is 0.706. The number of aryl methyl sites for hydroxylation is 1. The van der Waals surface area contributed by atoms with E-state index in [2.05, 4.69) is 15.2 Å². The Kier molecular flexibility index (Phi) is 2.79. The van der Waals surface area contributed by atoms with Gasteiger partial charge in [-0.15, -0.1) is 5.10 Å². The molecule has 0 bridgehead atoms. The van der Waals surface area contributed by atoms with Crippen LogP contribution in [0.3, 0.4) is 0 Å². The van der Waals surface area contributed by atoms with Gasteiger partial charge in [-0.2, -0.15) is 0 Å². The predicted octanol–water partition coefficient (Wildman–Crippen LogP) is -0.262. The summed E-state index contributed by atoms with van der Waals surface area (Å²) >= 11 is 0. The molecule has 2 N–H and O–H groups in total. The molecular weight excluding hydrogens is 178 g/mol. The third-order valence-electron chi connectivity index (χ3n) is 2.58. The van der Waals surface area contributed by atoms with Crippen LogP contribution in [0.5, 0.6) is 0 Å². The van der Waals surface area contributed by atoms with Crippen molar-refractivity contribution < 1.29 is 0 Å². The minimum absolute atomic E-state index is 0.334. The topological polar surface area (TPSA) is 60.0 Å². The summed E-state index contributed by atoms with van der Waals surface area (Å²) in [4.78, 5) is 2.35. The number of nitrogens with two attached hydrogens (primary N) is 1. The van der Waals surface area contributed by atoms with E-state index >= 15 is 0 Å². The van der Waals surface area contributed by atoms with Gasteiger partial charge in [0.05, 0.1) is 5.69 Å². The van der Waals surface area contributed by atoms with Crippen LogP contribution in [0.1, 0.15) is 18.5 Å². The molecule has 1 aliphatic rings. The minimum Gasteiger partial charge on any atom is -0.327 e. The molecule has 5 nitrogen and oxygen atoms in total. The second-order valence-electron chi connectivity index (χ2n) is 4.02. The van der Waals surface area contributed by atoms with Crippen molar-refractivity contribution >= 4 is 0 Å². The van der Waals surface area contributed by atoms with Crippen molar-refractivity contribution in [2.45, 2.75) is 25.4 Å². The molecule has 0 unspecified atom stereocenters. The lowest BCUT2D eigenvalue weighted by molar-refractivity contribution is 0.199. The molecule has 2 heterocycles. The van der Waals surface area contributed by atoms with E-state index in [-0.39, 0.29) is 0 Å². The molecule has 1 aliphatic heterocycles. The zero-order valence-electron chi connectivity index (χ0n) is 8.56. The molecule has 1 saturated heterocycles. The lowest BCUT2D eigenvalue weighted by Gasteiger charge is -2.29. The van der Waals surface area contributed by atoms with E-state index in [1.165, 1.54) is 6.42 Å². The zero-order valence-corrected chi connectivity index (χ0v) is 8.56. The average Bonchev–Trinajstić information content (AvgIpc) is 2.51. The van der Waals surface area contributed by atoms with E-state index in [1.807, 2.05) is 13.2 Å². The summed E-state index contributed by atoms with van der Waals surface area (Å²) in [5, 5.41) is 7.98. The highest BCUT2D eigenvalue weighted by atomic mass is 15.4. The Hall–Kier alpha value is -0.940. The van der Waals surface area contributed by atoms with Crippen LogP contribution in [0.4, 0.5) is 0 Å². The Balaban J connectivity index is 1.90. The first-order valence-corrected chi connectivity index (χ1v) is 5.07. The highest BCUT2D eigenvalue weighted by molar-refractivity contribution is 4.92. The van der Waals surface area contributed by atoms with Crippen molar-refractivity contribution in [3.05, 3.63) is 11.9 Å².